The van der Waals surface area contributed by atoms with E-state index in [0.717, 1.165) is 10.9 Å². The van der Waals surface area contributed by atoms with Gasteiger partial charge >= 0.3 is 5.97 Å². The Bertz CT molecular complexity index is 1190. The van der Waals surface area contributed by atoms with Crippen LogP contribution in [0.15, 0.2) is 41.1 Å². The van der Waals surface area contributed by atoms with Crippen molar-refractivity contribution in [3.05, 3.63) is 41.6 Å². The summed E-state index contributed by atoms with van der Waals surface area (Å²) in [6.07, 6.45) is 1.63. The fourth-order valence-corrected chi connectivity index (χ4v) is 2.91. The number of aromatic nitrogens is 4. The topological polar surface area (TPSA) is 135 Å². The van der Waals surface area contributed by atoms with Crippen molar-refractivity contribution in [1.29, 1.82) is 0 Å². The minimum atomic E-state index is -1.09. The monoisotopic (exact) mass is 415 g/mol. The molecule has 0 saturated carbocycles. The lowest BCUT2D eigenvalue weighted by atomic mass is 10.2. The van der Waals surface area contributed by atoms with Gasteiger partial charge in [-0.3, -0.25) is 5.10 Å². The van der Waals surface area contributed by atoms with Crippen molar-refractivity contribution < 1.29 is 23.9 Å². The van der Waals surface area contributed by atoms with Gasteiger partial charge in [0.1, 0.15) is 0 Å². The minimum Gasteiger partial charge on any atom is -0.493 e. The molecule has 11 heteroatoms. The summed E-state index contributed by atoms with van der Waals surface area (Å²) in [5, 5.41) is 23.7. The molecule has 0 unspecified atom stereocenters. The molecule has 0 saturated heterocycles. The van der Waals surface area contributed by atoms with Crippen LogP contribution in [0.1, 0.15) is 0 Å². The fourth-order valence-electron chi connectivity index (χ4n) is 2.65. The molecular formula is C18H14ClN5O5. The molecule has 0 aliphatic rings. The molecule has 0 fully saturated rings. The number of carbonyl (C=O) groups is 1. The number of nitrogens with zero attached hydrogens (tertiary/aromatic N) is 3. The van der Waals surface area contributed by atoms with E-state index in [4.69, 9.17) is 30.7 Å². The Balaban J connectivity index is 1.56. The molecule has 0 aliphatic heterocycles. The molecule has 148 valence electrons. The lowest BCUT2D eigenvalue weighted by Gasteiger charge is -2.09. The van der Waals surface area contributed by atoms with Gasteiger partial charge in [-0.05, 0) is 35.5 Å². The number of carboxylic acids is 1. The van der Waals surface area contributed by atoms with E-state index in [9.17, 15) is 4.79 Å². The second-order valence-electron chi connectivity index (χ2n) is 5.85. The van der Waals surface area contributed by atoms with Gasteiger partial charge < -0.3 is 24.4 Å². The molecule has 0 bridgehead atoms. The smallest absolute Gasteiger partial charge is 0.341 e. The third kappa shape index (κ3) is 3.78. The van der Waals surface area contributed by atoms with Crippen LogP contribution in [0.5, 0.6) is 11.5 Å². The molecule has 0 radical (unpaired) electrons. The number of benzene rings is 2. The van der Waals surface area contributed by atoms with Crippen LogP contribution in [0.3, 0.4) is 0 Å². The number of halogens is 1. The molecule has 0 aliphatic carbocycles. The number of nitrogens with one attached hydrogen (secondary N) is 2. The number of aliphatic carboxylic acids is 1. The summed E-state index contributed by atoms with van der Waals surface area (Å²) in [4.78, 5) is 15.0. The molecule has 10 nitrogen and oxygen atoms in total. The molecule has 0 spiro atoms. The van der Waals surface area contributed by atoms with Crippen LogP contribution in [0, 0.1) is 0 Å². The van der Waals surface area contributed by atoms with E-state index in [1.165, 1.54) is 7.11 Å². The molecule has 4 aromatic rings. The number of aromatic amines is 1. The third-order valence-electron chi connectivity index (χ3n) is 3.99. The first-order valence-corrected chi connectivity index (χ1v) is 8.68. The Morgan fingerprint density at radius 3 is 2.97 bits per heavy atom. The van der Waals surface area contributed by atoms with Crippen molar-refractivity contribution in [3.8, 4) is 23.0 Å². The van der Waals surface area contributed by atoms with Gasteiger partial charge in [0.25, 0.3) is 11.8 Å². The number of rotatable bonds is 7. The van der Waals surface area contributed by atoms with Crippen molar-refractivity contribution in [1.82, 2.24) is 20.3 Å². The quantitative estimate of drug-likeness (QED) is 0.414. The normalized spacial score (nSPS) is 10.8. The van der Waals surface area contributed by atoms with E-state index < -0.39 is 12.6 Å². The maximum absolute atomic E-state index is 10.7. The number of ether oxygens (including phenoxy) is 2. The number of hydrogen-bond donors (Lipinski definition) is 3. The summed E-state index contributed by atoms with van der Waals surface area (Å²) in [5.41, 5.74) is 1.98. The Kier molecular flexibility index (Phi) is 4.92. The summed E-state index contributed by atoms with van der Waals surface area (Å²) in [5.74, 6) is -0.0105. The van der Waals surface area contributed by atoms with E-state index in [1.807, 2.05) is 6.07 Å². The predicted molar refractivity (Wildman–Crippen MR) is 104 cm³/mol. The Labute approximate surface area is 168 Å². The first kappa shape index (κ1) is 18.6. The van der Waals surface area contributed by atoms with Crippen molar-refractivity contribution in [3.63, 3.8) is 0 Å². The standard InChI is InChI=1S/C18H14ClN5O5/c1-27-14-6-9(2-5-13(14)28-8-15(25)26)17-22-18(24-29-17)21-12-4-3-11-10(16(12)19)7-20-23-11/h2-7H,8H2,1H3,(H,20,23)(H,21,24)(H,25,26). The van der Waals surface area contributed by atoms with Gasteiger partial charge in [0.15, 0.2) is 18.1 Å². The van der Waals surface area contributed by atoms with E-state index in [2.05, 4.69) is 25.7 Å². The third-order valence-corrected chi connectivity index (χ3v) is 4.40. The lowest BCUT2D eigenvalue weighted by molar-refractivity contribution is -0.139. The molecule has 0 amide bonds. The van der Waals surface area contributed by atoms with Crippen LogP contribution in [0.2, 0.25) is 5.02 Å². The fraction of sp³-hybridized carbons (Fsp3) is 0.111. The van der Waals surface area contributed by atoms with Gasteiger partial charge in [-0.25, -0.2) is 4.79 Å². The van der Waals surface area contributed by atoms with Crippen LogP contribution < -0.4 is 14.8 Å². The average Bonchev–Trinajstić information content (AvgIpc) is 3.38. The highest BCUT2D eigenvalue weighted by Crippen LogP contribution is 2.34. The Hall–Kier alpha value is -3.79. The molecule has 2 heterocycles. The second-order valence-corrected chi connectivity index (χ2v) is 6.23. The number of anilines is 2. The Morgan fingerprint density at radius 2 is 2.17 bits per heavy atom. The van der Waals surface area contributed by atoms with E-state index in [1.54, 1.807) is 30.5 Å². The van der Waals surface area contributed by atoms with Crippen LogP contribution in [0.25, 0.3) is 22.4 Å². The van der Waals surface area contributed by atoms with E-state index in [0.29, 0.717) is 22.0 Å². The van der Waals surface area contributed by atoms with Gasteiger partial charge in [-0.1, -0.05) is 11.6 Å². The summed E-state index contributed by atoms with van der Waals surface area (Å²) < 4.78 is 15.7. The second kappa shape index (κ2) is 7.68. The number of carboxylic acid groups (broad SMARTS) is 1. The molecule has 4 rings (SSSR count). The number of hydrogen-bond acceptors (Lipinski definition) is 8. The first-order chi connectivity index (χ1) is 14.0. The van der Waals surface area contributed by atoms with Gasteiger partial charge in [0.2, 0.25) is 0 Å². The highest BCUT2D eigenvalue weighted by Gasteiger charge is 2.15. The molecule has 2 aromatic carbocycles. The van der Waals surface area contributed by atoms with Crippen LogP contribution in [0.4, 0.5) is 11.6 Å². The number of H-pyrrole nitrogens is 1. The SMILES string of the molecule is COc1cc(-c2nc(Nc3ccc4[nH]ncc4c3Cl)no2)ccc1OCC(=O)O. The first-order valence-electron chi connectivity index (χ1n) is 8.30. The Morgan fingerprint density at radius 1 is 1.31 bits per heavy atom. The molecular weight excluding hydrogens is 402 g/mol. The summed E-state index contributed by atoms with van der Waals surface area (Å²) in [6.45, 7) is -0.480. The van der Waals surface area contributed by atoms with Crippen molar-refractivity contribution >= 4 is 40.1 Å². The van der Waals surface area contributed by atoms with Gasteiger partial charge in [-0.2, -0.15) is 10.1 Å². The maximum Gasteiger partial charge on any atom is 0.341 e. The van der Waals surface area contributed by atoms with E-state index >= 15 is 0 Å². The molecule has 3 N–H and O–H groups in total. The largest absolute Gasteiger partial charge is 0.493 e. The summed E-state index contributed by atoms with van der Waals surface area (Å²) in [6, 6.07) is 8.44. The van der Waals surface area contributed by atoms with Crippen LogP contribution >= 0.6 is 11.6 Å². The van der Waals surface area contributed by atoms with Crippen molar-refractivity contribution in [2.45, 2.75) is 0 Å². The zero-order valence-electron chi connectivity index (χ0n) is 15.0. The number of fused-ring (bicyclic) bond motifs is 1. The van der Waals surface area contributed by atoms with Gasteiger partial charge in [0.05, 0.1) is 29.5 Å². The number of methoxy groups -OCH3 is 1. The van der Waals surface area contributed by atoms with Crippen LogP contribution in [-0.2, 0) is 4.79 Å². The van der Waals surface area contributed by atoms with Crippen molar-refractivity contribution in [2.24, 2.45) is 0 Å². The van der Waals surface area contributed by atoms with E-state index in [-0.39, 0.29) is 17.6 Å². The van der Waals surface area contributed by atoms with Crippen LogP contribution in [-0.4, -0.2) is 45.1 Å². The predicted octanol–water partition coefficient (Wildman–Crippen LogP) is 3.48. The van der Waals surface area contributed by atoms with Crippen molar-refractivity contribution in [2.75, 3.05) is 19.0 Å². The highest BCUT2D eigenvalue weighted by atomic mass is 35.5. The summed E-state index contributed by atoms with van der Waals surface area (Å²) in [7, 11) is 1.45. The highest BCUT2D eigenvalue weighted by molar-refractivity contribution is 6.38. The zero-order valence-corrected chi connectivity index (χ0v) is 15.7. The maximum atomic E-state index is 10.7. The minimum absolute atomic E-state index is 0.218. The average molecular weight is 416 g/mol. The van der Waals surface area contributed by atoms with Gasteiger partial charge in [-0.15, -0.1) is 0 Å². The summed E-state index contributed by atoms with van der Waals surface area (Å²) >= 11 is 6.38. The molecule has 29 heavy (non-hydrogen) atoms. The zero-order chi connectivity index (χ0) is 20.4. The lowest BCUT2D eigenvalue weighted by Crippen LogP contribution is -2.10. The van der Waals surface area contributed by atoms with Gasteiger partial charge in [0, 0.05) is 10.9 Å². The molecule has 2 aromatic heterocycles. The molecule has 0 atom stereocenters.